The summed E-state index contributed by atoms with van der Waals surface area (Å²) in [5, 5.41) is 8.59. The van der Waals surface area contributed by atoms with E-state index in [2.05, 4.69) is 15.6 Å². The summed E-state index contributed by atoms with van der Waals surface area (Å²) in [5.74, 6) is 1.09. The van der Waals surface area contributed by atoms with Crippen LogP contribution in [0.3, 0.4) is 0 Å². The second kappa shape index (κ2) is 4.03. The van der Waals surface area contributed by atoms with E-state index in [1.165, 1.54) is 0 Å². The summed E-state index contributed by atoms with van der Waals surface area (Å²) in [6.07, 6.45) is 1.74. The Bertz CT molecular complexity index is 371. The normalized spacial score (nSPS) is 30.9. The minimum Gasteiger partial charge on any atom is -0.381 e. The Labute approximate surface area is 97.2 Å². The summed E-state index contributed by atoms with van der Waals surface area (Å²) in [5.41, 5.74) is 0. The number of hydrogen-bond acceptors (Lipinski definition) is 4. The fourth-order valence-corrected chi connectivity index (χ4v) is 2.71. The third kappa shape index (κ3) is 1.90. The molecule has 2 N–H and O–H groups in total. The molecule has 1 aliphatic carbocycles. The van der Waals surface area contributed by atoms with E-state index >= 15 is 0 Å². The Morgan fingerprint density at radius 1 is 1.56 bits per heavy atom. The molecule has 1 aromatic heterocycles. The lowest BCUT2D eigenvalue weighted by Crippen LogP contribution is -2.38. The molecule has 16 heavy (non-hydrogen) atoms. The summed E-state index contributed by atoms with van der Waals surface area (Å²) in [6.45, 7) is 2.09. The molecule has 1 saturated heterocycles. The molecule has 1 aliphatic heterocycles. The quantitative estimate of drug-likeness (QED) is 0.811. The van der Waals surface area contributed by atoms with Gasteiger partial charge in [0.25, 0.3) is 0 Å². The number of amides is 2. The molecule has 86 valence electrons. The van der Waals surface area contributed by atoms with Crippen LogP contribution in [0, 0.1) is 11.8 Å². The highest BCUT2D eigenvalue weighted by Crippen LogP contribution is 2.43. The Balaban J connectivity index is 1.41. The standard InChI is InChI=1S/C10H13N3O2S/c14-10(12-3-8-11-1-2-16-8)13-9-6-4-15-5-7(6)9/h1-2,6-7,9H,3-5H2,(H2,12,13,14)/t6-,7+,9?. The predicted octanol–water partition coefficient (Wildman–Crippen LogP) is 0.587. The second-order valence-electron chi connectivity index (χ2n) is 4.14. The van der Waals surface area contributed by atoms with Gasteiger partial charge in [-0.3, -0.25) is 0 Å². The van der Waals surface area contributed by atoms with Gasteiger partial charge in [-0.15, -0.1) is 11.3 Å². The average molecular weight is 239 g/mol. The largest absolute Gasteiger partial charge is 0.381 e. The summed E-state index contributed by atoms with van der Waals surface area (Å²) in [4.78, 5) is 15.6. The Hall–Kier alpha value is -1.14. The number of nitrogens with one attached hydrogen (secondary N) is 2. The van der Waals surface area contributed by atoms with E-state index < -0.39 is 0 Å². The molecular formula is C10H13N3O2S. The average Bonchev–Trinajstić information content (AvgIpc) is 2.80. The molecule has 2 heterocycles. The van der Waals surface area contributed by atoms with Gasteiger partial charge in [-0.2, -0.15) is 0 Å². The molecule has 0 spiro atoms. The van der Waals surface area contributed by atoms with E-state index in [0.29, 0.717) is 24.4 Å². The number of nitrogens with zero attached hydrogens (tertiary/aromatic N) is 1. The van der Waals surface area contributed by atoms with Crippen LogP contribution < -0.4 is 10.6 Å². The third-order valence-electron chi connectivity index (χ3n) is 3.13. The predicted molar refractivity (Wildman–Crippen MR) is 59.1 cm³/mol. The fraction of sp³-hybridized carbons (Fsp3) is 0.600. The highest BCUT2D eigenvalue weighted by atomic mass is 32.1. The highest BCUT2D eigenvalue weighted by Gasteiger charge is 2.54. The monoisotopic (exact) mass is 239 g/mol. The van der Waals surface area contributed by atoms with E-state index in [1.54, 1.807) is 17.5 Å². The second-order valence-corrected chi connectivity index (χ2v) is 5.12. The minimum absolute atomic E-state index is 0.102. The zero-order valence-electron chi connectivity index (χ0n) is 8.68. The van der Waals surface area contributed by atoms with Crippen molar-refractivity contribution in [1.29, 1.82) is 0 Å². The van der Waals surface area contributed by atoms with Gasteiger partial charge in [0.1, 0.15) is 5.01 Å². The van der Waals surface area contributed by atoms with Crippen LogP contribution in [0.4, 0.5) is 4.79 Å². The highest BCUT2D eigenvalue weighted by molar-refractivity contribution is 7.09. The first-order valence-corrected chi connectivity index (χ1v) is 6.23. The van der Waals surface area contributed by atoms with Crippen LogP contribution >= 0.6 is 11.3 Å². The third-order valence-corrected chi connectivity index (χ3v) is 3.91. The van der Waals surface area contributed by atoms with Crippen molar-refractivity contribution in [3.8, 4) is 0 Å². The van der Waals surface area contributed by atoms with E-state index in [4.69, 9.17) is 4.74 Å². The van der Waals surface area contributed by atoms with E-state index in [0.717, 1.165) is 18.2 Å². The van der Waals surface area contributed by atoms with Crippen molar-refractivity contribution in [3.05, 3.63) is 16.6 Å². The lowest BCUT2D eigenvalue weighted by molar-refractivity contribution is 0.156. The molecule has 1 aromatic rings. The lowest BCUT2D eigenvalue weighted by atomic mass is 10.4. The number of carbonyl (C=O) groups excluding carboxylic acids is 1. The molecule has 1 saturated carbocycles. The molecule has 1 unspecified atom stereocenters. The van der Waals surface area contributed by atoms with E-state index in [-0.39, 0.29) is 6.03 Å². The molecule has 2 aliphatic rings. The molecule has 0 radical (unpaired) electrons. The van der Waals surface area contributed by atoms with Crippen LogP contribution in [0.1, 0.15) is 5.01 Å². The van der Waals surface area contributed by atoms with Crippen molar-refractivity contribution in [2.24, 2.45) is 11.8 Å². The molecule has 5 nitrogen and oxygen atoms in total. The summed E-state index contributed by atoms with van der Waals surface area (Å²) in [6, 6.07) is 0.222. The van der Waals surface area contributed by atoms with Gasteiger partial charge in [-0.1, -0.05) is 0 Å². The van der Waals surface area contributed by atoms with Crippen LogP contribution in [-0.2, 0) is 11.3 Å². The van der Waals surface area contributed by atoms with Crippen molar-refractivity contribution < 1.29 is 9.53 Å². The van der Waals surface area contributed by atoms with Crippen molar-refractivity contribution in [3.63, 3.8) is 0 Å². The first-order chi connectivity index (χ1) is 7.84. The Morgan fingerprint density at radius 2 is 2.38 bits per heavy atom. The van der Waals surface area contributed by atoms with Crippen LogP contribution in [0.2, 0.25) is 0 Å². The van der Waals surface area contributed by atoms with Crippen molar-refractivity contribution >= 4 is 17.4 Å². The van der Waals surface area contributed by atoms with Crippen LogP contribution in [-0.4, -0.2) is 30.3 Å². The molecule has 2 amide bonds. The number of aromatic nitrogens is 1. The lowest BCUT2D eigenvalue weighted by Gasteiger charge is -2.08. The number of thiazole rings is 1. The number of urea groups is 1. The summed E-state index contributed by atoms with van der Waals surface area (Å²) in [7, 11) is 0. The molecule has 0 aromatic carbocycles. The fourth-order valence-electron chi connectivity index (χ4n) is 2.15. The number of ether oxygens (including phenoxy) is 1. The molecule has 2 fully saturated rings. The molecule has 3 atom stereocenters. The van der Waals surface area contributed by atoms with Gasteiger partial charge in [0.05, 0.1) is 19.8 Å². The summed E-state index contributed by atoms with van der Waals surface area (Å²) < 4.78 is 5.26. The SMILES string of the molecule is O=C(NCc1nccs1)NC1[C@H]2COC[C@@H]12. The Kier molecular flexibility index (Phi) is 2.53. The minimum atomic E-state index is -0.102. The smallest absolute Gasteiger partial charge is 0.315 e. The van der Waals surface area contributed by atoms with Crippen LogP contribution in [0.25, 0.3) is 0 Å². The van der Waals surface area contributed by atoms with Crippen molar-refractivity contribution in [2.75, 3.05) is 13.2 Å². The van der Waals surface area contributed by atoms with Crippen LogP contribution in [0.15, 0.2) is 11.6 Å². The van der Waals surface area contributed by atoms with Gasteiger partial charge < -0.3 is 15.4 Å². The maximum Gasteiger partial charge on any atom is 0.315 e. The zero-order chi connectivity index (χ0) is 11.0. The summed E-state index contributed by atoms with van der Waals surface area (Å²) >= 11 is 1.54. The molecule has 6 heteroatoms. The maximum atomic E-state index is 11.5. The first-order valence-electron chi connectivity index (χ1n) is 5.35. The van der Waals surface area contributed by atoms with E-state index in [1.807, 2.05) is 5.38 Å². The Morgan fingerprint density at radius 3 is 3.06 bits per heavy atom. The molecule has 3 rings (SSSR count). The molecule has 0 bridgehead atoms. The van der Waals surface area contributed by atoms with Gasteiger partial charge in [0, 0.05) is 29.5 Å². The zero-order valence-corrected chi connectivity index (χ0v) is 9.50. The van der Waals surface area contributed by atoms with Crippen molar-refractivity contribution in [2.45, 2.75) is 12.6 Å². The van der Waals surface area contributed by atoms with Gasteiger partial charge in [-0.25, -0.2) is 9.78 Å². The van der Waals surface area contributed by atoms with Gasteiger partial charge in [0.15, 0.2) is 0 Å². The maximum absolute atomic E-state index is 11.5. The van der Waals surface area contributed by atoms with E-state index in [9.17, 15) is 4.79 Å². The topological polar surface area (TPSA) is 63.2 Å². The van der Waals surface area contributed by atoms with Crippen molar-refractivity contribution in [1.82, 2.24) is 15.6 Å². The number of rotatable bonds is 3. The first kappa shape index (κ1) is 10.0. The number of fused-ring (bicyclic) bond motifs is 1. The number of hydrogen-bond donors (Lipinski definition) is 2. The van der Waals surface area contributed by atoms with Gasteiger partial charge in [-0.05, 0) is 0 Å². The van der Waals surface area contributed by atoms with Gasteiger partial charge >= 0.3 is 6.03 Å². The van der Waals surface area contributed by atoms with Crippen LogP contribution in [0.5, 0.6) is 0 Å². The number of carbonyl (C=O) groups is 1. The molecular weight excluding hydrogens is 226 g/mol. The van der Waals surface area contributed by atoms with Gasteiger partial charge in [0.2, 0.25) is 0 Å².